The topological polar surface area (TPSA) is 72.6 Å². The van der Waals surface area contributed by atoms with Crippen molar-refractivity contribution in [3.63, 3.8) is 0 Å². The van der Waals surface area contributed by atoms with Crippen molar-refractivity contribution in [2.45, 2.75) is 12.6 Å². The normalized spacial score (nSPS) is 12.1. The number of rotatable bonds is 5. The van der Waals surface area contributed by atoms with Crippen LogP contribution >= 0.6 is 0 Å². The van der Waals surface area contributed by atoms with Crippen LogP contribution < -0.4 is 10.5 Å². The molecule has 0 fully saturated rings. The summed E-state index contributed by atoms with van der Waals surface area (Å²) in [6.07, 6.45) is 0.221. The Morgan fingerprint density at radius 3 is 2.57 bits per heavy atom. The molecular formula is C10H13NO3. The molecule has 4 nitrogen and oxygen atoms in total. The van der Waals surface area contributed by atoms with Crippen molar-refractivity contribution in [3.8, 4) is 5.75 Å². The number of hydrogen-bond acceptors (Lipinski definition) is 4. The number of benzene rings is 1. The van der Waals surface area contributed by atoms with Gasteiger partial charge in [-0.05, 0) is 17.7 Å². The fourth-order valence-electron chi connectivity index (χ4n) is 0.986. The molecular weight excluding hydrogens is 182 g/mol. The molecule has 4 heteroatoms. The second-order valence-corrected chi connectivity index (χ2v) is 2.82. The van der Waals surface area contributed by atoms with Crippen LogP contribution in [-0.4, -0.2) is 18.0 Å². The lowest BCUT2D eigenvalue weighted by molar-refractivity contribution is -0.108. The molecule has 0 aliphatic rings. The van der Waals surface area contributed by atoms with Crippen LogP contribution in [-0.2, 0) is 4.79 Å². The smallest absolute Gasteiger partial charge is 0.128 e. The first-order chi connectivity index (χ1) is 6.74. The van der Waals surface area contributed by atoms with E-state index in [2.05, 4.69) is 0 Å². The third-order valence-corrected chi connectivity index (χ3v) is 1.73. The fraction of sp³-hybridized carbons (Fsp3) is 0.300. The van der Waals surface area contributed by atoms with Crippen LogP contribution in [0.15, 0.2) is 24.3 Å². The third-order valence-electron chi connectivity index (χ3n) is 1.73. The Kier molecular flexibility index (Phi) is 4.10. The highest BCUT2D eigenvalue weighted by Crippen LogP contribution is 2.14. The minimum absolute atomic E-state index is 0.369. The van der Waals surface area contributed by atoms with Gasteiger partial charge in [0.15, 0.2) is 0 Å². The van der Waals surface area contributed by atoms with Crippen LogP contribution in [0.4, 0.5) is 0 Å². The predicted molar refractivity (Wildman–Crippen MR) is 51.8 cm³/mol. The summed E-state index contributed by atoms with van der Waals surface area (Å²) in [5.41, 5.74) is 5.89. The molecule has 1 unspecified atom stereocenters. The van der Waals surface area contributed by atoms with E-state index in [9.17, 15) is 4.79 Å². The van der Waals surface area contributed by atoms with E-state index in [0.29, 0.717) is 24.3 Å². The highest BCUT2D eigenvalue weighted by Gasteiger charge is 2.00. The summed E-state index contributed by atoms with van der Waals surface area (Å²) in [5.74, 6) is 0.663. The van der Waals surface area contributed by atoms with Gasteiger partial charge in [-0.2, -0.15) is 0 Å². The number of carbonyl (C=O) groups is 1. The fourth-order valence-corrected chi connectivity index (χ4v) is 0.986. The van der Waals surface area contributed by atoms with Crippen molar-refractivity contribution < 1.29 is 14.6 Å². The lowest BCUT2D eigenvalue weighted by Crippen LogP contribution is -2.08. The summed E-state index contributed by atoms with van der Waals surface area (Å²) in [6, 6.07) is 6.77. The lowest BCUT2D eigenvalue weighted by atomic mass is 10.2. The predicted octanol–water partition coefficient (Wildman–Crippen LogP) is 0.604. The summed E-state index contributed by atoms with van der Waals surface area (Å²) in [7, 11) is 0. The second kappa shape index (κ2) is 5.36. The zero-order chi connectivity index (χ0) is 10.4. The molecule has 14 heavy (non-hydrogen) atoms. The molecule has 1 rings (SSSR count). The average Bonchev–Trinajstić information content (AvgIpc) is 2.19. The summed E-state index contributed by atoms with van der Waals surface area (Å²) in [4.78, 5) is 10.0. The van der Waals surface area contributed by atoms with E-state index in [4.69, 9.17) is 15.6 Å². The Balaban J connectivity index is 2.51. The molecule has 0 saturated carbocycles. The minimum Gasteiger partial charge on any atom is -0.493 e. The standard InChI is InChI=1S/C10H13NO3/c11-10(13)8-2-4-9(5-3-8)14-7-1-6-12/h2-6,10,13H,1,7,11H2. The van der Waals surface area contributed by atoms with Gasteiger partial charge in [0.05, 0.1) is 6.61 Å². The van der Waals surface area contributed by atoms with E-state index < -0.39 is 6.23 Å². The van der Waals surface area contributed by atoms with Crippen LogP contribution in [0.25, 0.3) is 0 Å². The maximum absolute atomic E-state index is 10.0. The molecule has 0 heterocycles. The zero-order valence-corrected chi connectivity index (χ0v) is 7.72. The van der Waals surface area contributed by atoms with E-state index in [1.807, 2.05) is 0 Å². The van der Waals surface area contributed by atoms with Crippen LogP contribution in [0.5, 0.6) is 5.75 Å². The number of hydrogen-bond donors (Lipinski definition) is 2. The van der Waals surface area contributed by atoms with Gasteiger partial charge in [-0.3, -0.25) is 0 Å². The lowest BCUT2D eigenvalue weighted by Gasteiger charge is -2.07. The Morgan fingerprint density at radius 1 is 1.43 bits per heavy atom. The maximum atomic E-state index is 10.0. The maximum Gasteiger partial charge on any atom is 0.128 e. The minimum atomic E-state index is -0.959. The van der Waals surface area contributed by atoms with Crippen molar-refractivity contribution in [2.24, 2.45) is 5.73 Å². The van der Waals surface area contributed by atoms with Gasteiger partial charge < -0.3 is 20.4 Å². The largest absolute Gasteiger partial charge is 0.493 e. The number of carbonyl (C=O) groups excluding carboxylic acids is 1. The van der Waals surface area contributed by atoms with E-state index in [-0.39, 0.29) is 0 Å². The van der Waals surface area contributed by atoms with Gasteiger partial charge in [0.25, 0.3) is 0 Å². The molecule has 76 valence electrons. The van der Waals surface area contributed by atoms with E-state index in [1.54, 1.807) is 24.3 Å². The molecule has 0 saturated heterocycles. The molecule has 0 aliphatic carbocycles. The Labute approximate surface area is 82.3 Å². The number of aliphatic hydroxyl groups is 1. The monoisotopic (exact) mass is 195 g/mol. The molecule has 1 aromatic carbocycles. The number of ether oxygens (including phenoxy) is 1. The molecule has 1 atom stereocenters. The van der Waals surface area contributed by atoms with Gasteiger partial charge in [0, 0.05) is 6.42 Å². The summed E-state index contributed by atoms with van der Waals surface area (Å²) in [6.45, 7) is 0.369. The Hall–Kier alpha value is -1.39. The van der Waals surface area contributed by atoms with E-state index in [0.717, 1.165) is 6.29 Å². The van der Waals surface area contributed by atoms with Crippen molar-refractivity contribution in [1.82, 2.24) is 0 Å². The average molecular weight is 195 g/mol. The highest BCUT2D eigenvalue weighted by atomic mass is 16.5. The van der Waals surface area contributed by atoms with Gasteiger partial charge in [0.2, 0.25) is 0 Å². The SMILES string of the molecule is NC(O)c1ccc(OCCC=O)cc1. The zero-order valence-electron chi connectivity index (χ0n) is 7.72. The van der Waals surface area contributed by atoms with Gasteiger partial charge in [-0.1, -0.05) is 12.1 Å². The van der Waals surface area contributed by atoms with Crippen molar-refractivity contribution in [1.29, 1.82) is 0 Å². The van der Waals surface area contributed by atoms with Crippen molar-refractivity contribution >= 4 is 6.29 Å². The first-order valence-electron chi connectivity index (χ1n) is 4.34. The molecule has 0 bridgehead atoms. The van der Waals surface area contributed by atoms with Crippen molar-refractivity contribution in [2.75, 3.05) is 6.61 Å². The number of nitrogens with two attached hydrogens (primary N) is 1. The number of aliphatic hydroxyl groups excluding tert-OH is 1. The van der Waals surface area contributed by atoms with Crippen LogP contribution in [0.2, 0.25) is 0 Å². The quantitative estimate of drug-likeness (QED) is 0.410. The van der Waals surface area contributed by atoms with E-state index in [1.165, 1.54) is 0 Å². The third kappa shape index (κ3) is 3.16. The number of aldehydes is 1. The molecule has 3 N–H and O–H groups in total. The summed E-state index contributed by atoms with van der Waals surface area (Å²) >= 11 is 0. The molecule has 0 aliphatic heterocycles. The van der Waals surface area contributed by atoms with Crippen LogP contribution in [0, 0.1) is 0 Å². The summed E-state index contributed by atoms with van der Waals surface area (Å²) < 4.78 is 5.23. The Bertz CT molecular complexity index is 282. The van der Waals surface area contributed by atoms with Crippen LogP contribution in [0.1, 0.15) is 18.2 Å². The molecule has 0 spiro atoms. The highest BCUT2D eigenvalue weighted by molar-refractivity contribution is 5.49. The molecule has 1 aromatic rings. The van der Waals surface area contributed by atoms with Gasteiger partial charge >= 0.3 is 0 Å². The first-order valence-corrected chi connectivity index (χ1v) is 4.34. The van der Waals surface area contributed by atoms with Gasteiger partial charge in [-0.25, -0.2) is 0 Å². The Morgan fingerprint density at radius 2 is 2.07 bits per heavy atom. The molecule has 0 radical (unpaired) electrons. The first kappa shape index (κ1) is 10.7. The van der Waals surface area contributed by atoms with Gasteiger partial charge in [0.1, 0.15) is 18.3 Å². The van der Waals surface area contributed by atoms with E-state index >= 15 is 0 Å². The second-order valence-electron chi connectivity index (χ2n) is 2.82. The summed E-state index contributed by atoms with van der Waals surface area (Å²) in [5, 5.41) is 9.02. The molecule has 0 aromatic heterocycles. The van der Waals surface area contributed by atoms with Crippen molar-refractivity contribution in [3.05, 3.63) is 29.8 Å². The molecule has 0 amide bonds. The van der Waals surface area contributed by atoms with Crippen LogP contribution in [0.3, 0.4) is 0 Å². The van der Waals surface area contributed by atoms with Gasteiger partial charge in [-0.15, -0.1) is 0 Å².